The first-order valence-corrected chi connectivity index (χ1v) is 12.5. The highest BCUT2D eigenvalue weighted by Crippen LogP contribution is 2.42. The van der Waals surface area contributed by atoms with E-state index in [1.165, 1.54) is 38.5 Å². The van der Waals surface area contributed by atoms with Crippen molar-refractivity contribution < 1.29 is 28.4 Å². The molecule has 0 unspecified atom stereocenters. The molecule has 2 rings (SSSR count). The Balaban J connectivity index is 1.92. The fraction of sp³-hybridized carbons (Fsp3) is 0.846. The highest BCUT2D eigenvalue weighted by atomic mass is 16.8. The van der Waals surface area contributed by atoms with Crippen molar-refractivity contribution in [1.82, 2.24) is 0 Å². The van der Waals surface area contributed by atoms with Gasteiger partial charge in [-0.3, -0.25) is 0 Å². The molecule has 2 fully saturated rings. The van der Waals surface area contributed by atoms with E-state index in [1.807, 2.05) is 13.8 Å². The van der Waals surface area contributed by atoms with E-state index in [2.05, 4.69) is 38.2 Å². The molecule has 2 heterocycles. The molecule has 0 bridgehead atoms. The van der Waals surface area contributed by atoms with Gasteiger partial charge in [-0.15, -0.1) is 0 Å². The van der Waals surface area contributed by atoms with Gasteiger partial charge >= 0.3 is 0 Å². The minimum atomic E-state index is -0.977. The Morgan fingerprint density at radius 3 is 2.16 bits per heavy atom. The van der Waals surface area contributed by atoms with Gasteiger partial charge < -0.3 is 28.4 Å². The van der Waals surface area contributed by atoms with Crippen LogP contribution in [0.4, 0.5) is 0 Å². The SMILES string of the molecule is CCCCC/C=C/COC[C@H]1O[C@@]2(OC)COC(C)(C)O[C@H]2[C@@H]1OC/C=C/CCCCC. The number of fused-ring (bicyclic) bond motifs is 1. The number of hydrogen-bond acceptors (Lipinski definition) is 6. The van der Waals surface area contributed by atoms with Crippen molar-refractivity contribution in [3.05, 3.63) is 24.3 Å². The van der Waals surface area contributed by atoms with Crippen LogP contribution in [-0.2, 0) is 28.4 Å². The summed E-state index contributed by atoms with van der Waals surface area (Å²) in [6.45, 7) is 10.0. The molecule has 186 valence electrons. The van der Waals surface area contributed by atoms with Crippen LogP contribution in [0, 0.1) is 0 Å². The van der Waals surface area contributed by atoms with E-state index in [0.717, 1.165) is 12.8 Å². The zero-order valence-corrected chi connectivity index (χ0v) is 21.0. The summed E-state index contributed by atoms with van der Waals surface area (Å²) in [7, 11) is 1.63. The number of rotatable bonds is 16. The number of allylic oxidation sites excluding steroid dienone is 2. The van der Waals surface area contributed by atoms with Crippen LogP contribution in [0.2, 0.25) is 0 Å². The van der Waals surface area contributed by atoms with Crippen LogP contribution in [0.5, 0.6) is 0 Å². The van der Waals surface area contributed by atoms with Gasteiger partial charge in [0, 0.05) is 7.11 Å². The summed E-state index contributed by atoms with van der Waals surface area (Å²) in [6, 6.07) is 0. The highest BCUT2D eigenvalue weighted by molar-refractivity contribution is 5.02. The average Bonchev–Trinajstić information content (AvgIpc) is 3.07. The Hall–Kier alpha value is -0.760. The molecule has 6 heteroatoms. The van der Waals surface area contributed by atoms with Gasteiger partial charge in [0.15, 0.2) is 5.79 Å². The van der Waals surface area contributed by atoms with E-state index in [4.69, 9.17) is 28.4 Å². The standard InChI is InChI=1S/C26H46O6/c1-6-8-10-12-14-16-18-28-20-22-23(29-19-17-15-13-11-9-7-2)24-26(27-5,31-22)21-30-25(3,4)32-24/h14-17,22-24H,6-13,18-21H2,1-5H3/b16-14+,17-15+/t22-,23-,24+,26+/m1/s1. The Bertz CT molecular complexity index is 561. The predicted molar refractivity (Wildman–Crippen MR) is 127 cm³/mol. The second-order valence-corrected chi connectivity index (χ2v) is 9.17. The topological polar surface area (TPSA) is 55.4 Å². The maximum Gasteiger partial charge on any atom is 0.222 e. The van der Waals surface area contributed by atoms with Gasteiger partial charge in [-0.05, 0) is 39.5 Å². The molecule has 2 aliphatic heterocycles. The molecule has 2 aliphatic rings. The predicted octanol–water partition coefficient (Wildman–Crippen LogP) is 5.55. The Morgan fingerprint density at radius 1 is 0.875 bits per heavy atom. The normalized spacial score (nSPS) is 29.8. The zero-order valence-electron chi connectivity index (χ0n) is 21.0. The van der Waals surface area contributed by atoms with Crippen LogP contribution in [-0.4, -0.2) is 63.4 Å². The summed E-state index contributed by atoms with van der Waals surface area (Å²) in [5, 5.41) is 0. The molecule has 4 atom stereocenters. The number of unbranched alkanes of at least 4 members (excludes halogenated alkanes) is 6. The largest absolute Gasteiger partial charge is 0.375 e. The van der Waals surface area contributed by atoms with Crippen molar-refractivity contribution in [3.8, 4) is 0 Å². The third-order valence-electron chi connectivity index (χ3n) is 5.99. The number of methoxy groups -OCH3 is 1. The van der Waals surface area contributed by atoms with Crippen LogP contribution in [0.3, 0.4) is 0 Å². The minimum Gasteiger partial charge on any atom is -0.375 e. The Labute approximate surface area is 195 Å². The van der Waals surface area contributed by atoms with Crippen molar-refractivity contribution in [2.75, 3.05) is 33.5 Å². The summed E-state index contributed by atoms with van der Waals surface area (Å²) in [5.41, 5.74) is 0. The van der Waals surface area contributed by atoms with Crippen molar-refractivity contribution >= 4 is 0 Å². The third kappa shape index (κ3) is 8.54. The van der Waals surface area contributed by atoms with Gasteiger partial charge in [0.2, 0.25) is 5.79 Å². The fourth-order valence-electron chi connectivity index (χ4n) is 4.08. The molecule has 0 spiro atoms. The van der Waals surface area contributed by atoms with Gasteiger partial charge in [-0.25, -0.2) is 0 Å². The van der Waals surface area contributed by atoms with Crippen molar-refractivity contribution in [2.24, 2.45) is 0 Å². The van der Waals surface area contributed by atoms with E-state index < -0.39 is 11.6 Å². The summed E-state index contributed by atoms with van der Waals surface area (Å²) < 4.78 is 36.3. The van der Waals surface area contributed by atoms with E-state index >= 15 is 0 Å². The maximum absolute atomic E-state index is 6.31. The zero-order chi connectivity index (χ0) is 23.3. The van der Waals surface area contributed by atoms with Crippen LogP contribution in [0.15, 0.2) is 24.3 Å². The third-order valence-corrected chi connectivity index (χ3v) is 5.99. The number of hydrogen-bond donors (Lipinski definition) is 0. The molecule has 0 amide bonds. The fourth-order valence-corrected chi connectivity index (χ4v) is 4.08. The average molecular weight is 455 g/mol. The molecule has 0 saturated carbocycles. The van der Waals surface area contributed by atoms with Crippen molar-refractivity contribution in [1.29, 1.82) is 0 Å². The van der Waals surface area contributed by atoms with Gasteiger partial charge in [0.05, 0.1) is 19.8 Å². The summed E-state index contributed by atoms with van der Waals surface area (Å²) in [4.78, 5) is 0. The molecule has 32 heavy (non-hydrogen) atoms. The van der Waals surface area contributed by atoms with Gasteiger partial charge in [0.25, 0.3) is 0 Å². The molecule has 6 nitrogen and oxygen atoms in total. The molecule has 0 aromatic rings. The maximum atomic E-state index is 6.31. The van der Waals surface area contributed by atoms with Crippen molar-refractivity contribution in [3.63, 3.8) is 0 Å². The van der Waals surface area contributed by atoms with Gasteiger partial charge in [-0.2, -0.15) is 0 Å². The van der Waals surface area contributed by atoms with Gasteiger partial charge in [0.1, 0.15) is 24.9 Å². The summed E-state index contributed by atoms with van der Waals surface area (Å²) in [5.74, 6) is -1.69. The molecule has 0 aliphatic carbocycles. The molecular weight excluding hydrogens is 408 g/mol. The first-order chi connectivity index (χ1) is 15.5. The quantitative estimate of drug-likeness (QED) is 0.225. The minimum absolute atomic E-state index is 0.292. The van der Waals surface area contributed by atoms with Crippen LogP contribution in [0.25, 0.3) is 0 Å². The lowest BCUT2D eigenvalue weighted by Crippen LogP contribution is -2.59. The van der Waals surface area contributed by atoms with Crippen LogP contribution in [0.1, 0.15) is 79.1 Å². The molecule has 0 radical (unpaired) electrons. The molecule has 0 aromatic heterocycles. The van der Waals surface area contributed by atoms with Gasteiger partial charge in [-0.1, -0.05) is 63.8 Å². The Kier molecular flexibility index (Phi) is 12.4. The summed E-state index contributed by atoms with van der Waals surface area (Å²) in [6.07, 6.45) is 17.2. The highest BCUT2D eigenvalue weighted by Gasteiger charge is 2.62. The lowest BCUT2D eigenvalue weighted by atomic mass is 10.0. The van der Waals surface area contributed by atoms with E-state index in [9.17, 15) is 0 Å². The molecular formula is C26H46O6. The van der Waals surface area contributed by atoms with E-state index in [0.29, 0.717) is 26.4 Å². The first-order valence-electron chi connectivity index (χ1n) is 12.5. The van der Waals surface area contributed by atoms with Crippen LogP contribution < -0.4 is 0 Å². The van der Waals surface area contributed by atoms with Crippen LogP contribution >= 0.6 is 0 Å². The van der Waals surface area contributed by atoms with E-state index in [-0.39, 0.29) is 18.3 Å². The molecule has 2 saturated heterocycles. The van der Waals surface area contributed by atoms with Crippen molar-refractivity contribution in [2.45, 2.75) is 109 Å². The molecule has 0 N–H and O–H groups in total. The monoisotopic (exact) mass is 454 g/mol. The lowest BCUT2D eigenvalue weighted by Gasteiger charge is -2.44. The smallest absolute Gasteiger partial charge is 0.222 e. The van der Waals surface area contributed by atoms with E-state index in [1.54, 1.807) is 7.11 Å². The first kappa shape index (κ1) is 27.5. The Morgan fingerprint density at radius 2 is 1.53 bits per heavy atom. The second kappa shape index (κ2) is 14.5. The lowest BCUT2D eigenvalue weighted by molar-refractivity contribution is -0.385. The molecule has 0 aromatic carbocycles. The second-order valence-electron chi connectivity index (χ2n) is 9.17. The number of ether oxygens (including phenoxy) is 6. The summed E-state index contributed by atoms with van der Waals surface area (Å²) >= 11 is 0.